The van der Waals surface area contributed by atoms with Gasteiger partial charge in [0.1, 0.15) is 6.54 Å². The van der Waals surface area contributed by atoms with Crippen molar-refractivity contribution in [2.45, 2.75) is 19.8 Å². The van der Waals surface area contributed by atoms with Crippen molar-refractivity contribution < 1.29 is 43.2 Å². The Morgan fingerprint density at radius 1 is 1.00 bits per heavy atom. The molecule has 244 valence electrons. The van der Waals surface area contributed by atoms with E-state index >= 15 is 0 Å². The number of halogens is 1. The van der Waals surface area contributed by atoms with Gasteiger partial charge in [-0.3, -0.25) is 39.5 Å². The SMILES string of the molecule is CCCCOC(=O)c1cc(NC(=O)CN2C(=O)S/C(=C/c3ccc(Oc4ccc([N+](=O)[O-])cc4[N+](=O)[O-])c(OC)c3)C2=O)ccc1Cl. The topological polar surface area (TPSA) is 198 Å². The molecule has 1 N–H and O–H groups in total. The highest BCUT2D eigenvalue weighted by molar-refractivity contribution is 8.18. The second-order valence-corrected chi connectivity index (χ2v) is 11.1. The lowest BCUT2D eigenvalue weighted by Crippen LogP contribution is -2.36. The van der Waals surface area contributed by atoms with Gasteiger partial charge in [0.25, 0.3) is 16.8 Å². The average molecular weight is 685 g/mol. The number of rotatable bonds is 13. The minimum Gasteiger partial charge on any atom is -0.493 e. The molecule has 1 fully saturated rings. The molecule has 0 bridgehead atoms. The van der Waals surface area contributed by atoms with Gasteiger partial charge in [-0.1, -0.05) is 31.0 Å². The van der Waals surface area contributed by atoms with Crippen LogP contribution >= 0.6 is 23.4 Å². The number of thioether (sulfide) groups is 1. The lowest BCUT2D eigenvalue weighted by atomic mass is 10.1. The normalized spacial score (nSPS) is 13.4. The number of hydrogen-bond acceptors (Lipinski definition) is 12. The molecule has 1 saturated heterocycles. The lowest BCUT2D eigenvalue weighted by Gasteiger charge is -2.13. The predicted octanol–water partition coefficient (Wildman–Crippen LogP) is 6.59. The van der Waals surface area contributed by atoms with Crippen LogP contribution in [0.1, 0.15) is 35.7 Å². The number of nitrogens with zero attached hydrogens (tertiary/aromatic N) is 3. The Balaban J connectivity index is 1.46. The minimum absolute atomic E-state index is 0.00753. The summed E-state index contributed by atoms with van der Waals surface area (Å²) in [5.41, 5.74) is -0.478. The standard InChI is InChI=1S/C30H25ClN4O11S/c1-3-4-11-45-29(38)20-14-18(6-8-21(20)31)32-27(36)16-33-28(37)26(47-30(33)39)13-17-5-9-24(25(12-17)44-2)46-23-10-7-19(34(40)41)15-22(23)35(42)43/h5-10,12-15H,3-4,11,16H2,1-2H3,(H,32,36)/b26-13+. The van der Waals surface area contributed by atoms with Crippen LogP contribution in [0, 0.1) is 20.2 Å². The van der Waals surface area contributed by atoms with Crippen LogP contribution in [0.4, 0.5) is 21.9 Å². The number of methoxy groups -OCH3 is 1. The number of benzene rings is 3. The second kappa shape index (κ2) is 15.2. The molecular weight excluding hydrogens is 660 g/mol. The van der Waals surface area contributed by atoms with E-state index in [1.807, 2.05) is 6.92 Å². The summed E-state index contributed by atoms with van der Waals surface area (Å²) in [4.78, 5) is 72.5. The van der Waals surface area contributed by atoms with Crippen molar-refractivity contribution in [1.29, 1.82) is 0 Å². The van der Waals surface area contributed by atoms with E-state index < -0.39 is 50.8 Å². The van der Waals surface area contributed by atoms with Crippen molar-refractivity contribution in [2.75, 3.05) is 25.6 Å². The molecule has 0 aromatic heterocycles. The first-order chi connectivity index (χ1) is 22.4. The number of non-ortho nitro benzene ring substituents is 1. The van der Waals surface area contributed by atoms with E-state index in [-0.39, 0.29) is 45.0 Å². The zero-order valence-electron chi connectivity index (χ0n) is 24.7. The molecule has 4 rings (SSSR count). The van der Waals surface area contributed by atoms with Gasteiger partial charge in [-0.25, -0.2) is 4.79 Å². The molecule has 3 amide bonds. The first-order valence-corrected chi connectivity index (χ1v) is 14.9. The van der Waals surface area contributed by atoms with Crippen LogP contribution in [0.15, 0.2) is 59.5 Å². The molecule has 0 radical (unpaired) electrons. The van der Waals surface area contributed by atoms with Crippen LogP contribution in [0.3, 0.4) is 0 Å². The fourth-order valence-electron chi connectivity index (χ4n) is 4.10. The molecule has 1 aliphatic rings. The number of esters is 1. The molecule has 0 atom stereocenters. The van der Waals surface area contributed by atoms with Crippen LogP contribution in [-0.4, -0.2) is 58.0 Å². The Morgan fingerprint density at radius 2 is 1.74 bits per heavy atom. The van der Waals surface area contributed by atoms with E-state index in [0.29, 0.717) is 23.7 Å². The summed E-state index contributed by atoms with van der Waals surface area (Å²) in [6.45, 7) is 1.55. The summed E-state index contributed by atoms with van der Waals surface area (Å²) in [5.74, 6) is -2.23. The molecule has 3 aromatic rings. The summed E-state index contributed by atoms with van der Waals surface area (Å²) in [6.07, 6.45) is 2.89. The summed E-state index contributed by atoms with van der Waals surface area (Å²) >= 11 is 6.72. The number of anilines is 1. The third-order valence-electron chi connectivity index (χ3n) is 6.43. The fraction of sp³-hybridized carbons (Fsp3) is 0.200. The van der Waals surface area contributed by atoms with Crippen LogP contribution in [0.2, 0.25) is 5.02 Å². The first kappa shape index (κ1) is 34.4. The van der Waals surface area contributed by atoms with Crippen molar-refractivity contribution in [3.8, 4) is 17.2 Å². The Morgan fingerprint density at radius 3 is 2.43 bits per heavy atom. The van der Waals surface area contributed by atoms with Gasteiger partial charge >= 0.3 is 11.7 Å². The third-order valence-corrected chi connectivity index (χ3v) is 7.67. The monoisotopic (exact) mass is 684 g/mol. The maximum Gasteiger partial charge on any atom is 0.339 e. The Bertz CT molecular complexity index is 1810. The number of amides is 3. The number of nitrogens with one attached hydrogen (secondary N) is 1. The Labute approximate surface area is 275 Å². The van der Waals surface area contributed by atoms with Gasteiger partial charge < -0.3 is 19.5 Å². The lowest BCUT2D eigenvalue weighted by molar-refractivity contribution is -0.394. The fourth-order valence-corrected chi connectivity index (χ4v) is 5.14. The predicted molar refractivity (Wildman–Crippen MR) is 171 cm³/mol. The van der Waals surface area contributed by atoms with Gasteiger partial charge in [-0.2, -0.15) is 0 Å². The smallest absolute Gasteiger partial charge is 0.339 e. The molecule has 47 heavy (non-hydrogen) atoms. The highest BCUT2D eigenvalue weighted by Crippen LogP contribution is 2.39. The van der Waals surface area contributed by atoms with Crippen LogP contribution in [0.25, 0.3) is 6.08 Å². The molecule has 0 saturated carbocycles. The molecule has 0 spiro atoms. The maximum atomic E-state index is 13.1. The number of carbonyl (C=O) groups excluding carboxylic acids is 4. The van der Waals surface area contributed by atoms with Gasteiger partial charge in [-0.15, -0.1) is 0 Å². The second-order valence-electron chi connectivity index (χ2n) is 9.68. The van der Waals surface area contributed by atoms with Crippen molar-refractivity contribution in [3.05, 3.63) is 95.9 Å². The van der Waals surface area contributed by atoms with Crippen LogP contribution < -0.4 is 14.8 Å². The number of carbonyl (C=O) groups is 4. The molecule has 1 aliphatic heterocycles. The average Bonchev–Trinajstić information content (AvgIpc) is 3.29. The summed E-state index contributed by atoms with van der Waals surface area (Å²) in [7, 11) is 1.31. The summed E-state index contributed by atoms with van der Waals surface area (Å²) < 4.78 is 16.1. The zero-order chi connectivity index (χ0) is 34.2. The summed E-state index contributed by atoms with van der Waals surface area (Å²) in [6, 6.07) is 11.4. The largest absolute Gasteiger partial charge is 0.493 e. The highest BCUT2D eigenvalue weighted by atomic mass is 35.5. The number of nitro benzene ring substituents is 2. The minimum atomic E-state index is -0.822. The molecule has 17 heteroatoms. The van der Waals surface area contributed by atoms with E-state index in [9.17, 15) is 39.4 Å². The highest BCUT2D eigenvalue weighted by Gasteiger charge is 2.36. The number of imide groups is 1. The summed E-state index contributed by atoms with van der Waals surface area (Å²) in [5, 5.41) is 24.5. The maximum absolute atomic E-state index is 13.1. The van der Waals surface area contributed by atoms with E-state index in [1.165, 1.54) is 49.6 Å². The van der Waals surface area contributed by atoms with Crippen molar-refractivity contribution in [1.82, 2.24) is 4.90 Å². The quantitative estimate of drug-likeness (QED) is 0.0667. The van der Waals surface area contributed by atoms with Gasteiger partial charge in [0.05, 0.1) is 45.1 Å². The molecule has 15 nitrogen and oxygen atoms in total. The van der Waals surface area contributed by atoms with Crippen molar-refractivity contribution in [3.63, 3.8) is 0 Å². The van der Waals surface area contributed by atoms with E-state index in [4.69, 9.17) is 25.8 Å². The Hall–Kier alpha value is -5.48. The van der Waals surface area contributed by atoms with Gasteiger partial charge in [0.15, 0.2) is 11.5 Å². The molecule has 0 aliphatic carbocycles. The van der Waals surface area contributed by atoms with Gasteiger partial charge in [0, 0.05) is 11.8 Å². The van der Waals surface area contributed by atoms with Gasteiger partial charge in [0.2, 0.25) is 11.7 Å². The molecule has 1 heterocycles. The first-order valence-electron chi connectivity index (χ1n) is 13.7. The van der Waals surface area contributed by atoms with Crippen molar-refractivity contribution >= 4 is 69.5 Å². The molecule has 3 aromatic carbocycles. The van der Waals surface area contributed by atoms with E-state index in [2.05, 4.69) is 5.32 Å². The van der Waals surface area contributed by atoms with E-state index in [0.717, 1.165) is 29.5 Å². The van der Waals surface area contributed by atoms with Gasteiger partial charge in [-0.05, 0) is 66.2 Å². The van der Waals surface area contributed by atoms with Crippen LogP contribution in [0.5, 0.6) is 17.2 Å². The molecular formula is C30H25ClN4O11S. The number of ether oxygens (including phenoxy) is 3. The van der Waals surface area contributed by atoms with Crippen LogP contribution in [-0.2, 0) is 14.3 Å². The Kier molecular flexibility index (Phi) is 11.1. The number of hydrogen-bond donors (Lipinski definition) is 1. The molecule has 0 unspecified atom stereocenters. The number of nitro groups is 2. The number of unbranched alkanes of at least 4 members (excludes halogenated alkanes) is 1. The van der Waals surface area contributed by atoms with E-state index in [1.54, 1.807) is 0 Å². The zero-order valence-corrected chi connectivity index (χ0v) is 26.3. The third kappa shape index (κ3) is 8.42. The van der Waals surface area contributed by atoms with Crippen molar-refractivity contribution in [2.24, 2.45) is 0 Å².